The molecule has 7 heteroatoms. The number of hydrogen-bond donors (Lipinski definition) is 1. The highest BCUT2D eigenvalue weighted by molar-refractivity contribution is 7.92. The summed E-state index contributed by atoms with van der Waals surface area (Å²) >= 11 is 0. The largest absolute Gasteiger partial charge is 0.284 e. The van der Waals surface area contributed by atoms with Gasteiger partial charge in [0.15, 0.2) is 0 Å². The second-order valence-corrected chi connectivity index (χ2v) is 9.78. The molecule has 0 fully saturated rings. The van der Waals surface area contributed by atoms with Crippen molar-refractivity contribution in [2.24, 2.45) is 10.5 Å². The number of benzene rings is 2. The molecule has 1 amide bonds. The molecule has 6 nitrogen and oxygen atoms in total. The van der Waals surface area contributed by atoms with E-state index >= 15 is 0 Å². The summed E-state index contributed by atoms with van der Waals surface area (Å²) in [5.41, 5.74) is 2.47. The van der Waals surface area contributed by atoms with Crippen LogP contribution in [-0.4, -0.2) is 31.3 Å². The predicted octanol–water partition coefficient (Wildman–Crippen LogP) is 3.78. The molecule has 148 valence electrons. The number of anilines is 1. The Kier molecular flexibility index (Phi) is 5.30. The van der Waals surface area contributed by atoms with Crippen LogP contribution in [0.15, 0.2) is 59.7 Å². The van der Waals surface area contributed by atoms with E-state index < -0.39 is 15.4 Å². The number of amides is 1. The van der Waals surface area contributed by atoms with E-state index in [0.29, 0.717) is 12.1 Å². The Morgan fingerprint density at radius 1 is 1.11 bits per heavy atom. The summed E-state index contributed by atoms with van der Waals surface area (Å²) in [7, 11) is -3.37. The van der Waals surface area contributed by atoms with Crippen LogP contribution in [0, 0.1) is 5.41 Å². The molecule has 1 heterocycles. The summed E-state index contributed by atoms with van der Waals surface area (Å²) in [5.74, 6) is -0.0539. The van der Waals surface area contributed by atoms with E-state index in [-0.39, 0.29) is 11.9 Å². The van der Waals surface area contributed by atoms with Crippen LogP contribution in [0.25, 0.3) is 0 Å². The van der Waals surface area contributed by atoms with Crippen LogP contribution < -0.4 is 4.72 Å². The molecule has 3 rings (SSSR count). The number of rotatable bonds is 4. The number of sulfonamides is 1. The van der Waals surface area contributed by atoms with Crippen LogP contribution in [0.3, 0.4) is 0 Å². The van der Waals surface area contributed by atoms with Crippen molar-refractivity contribution in [1.29, 1.82) is 0 Å². The van der Waals surface area contributed by atoms with E-state index in [9.17, 15) is 13.2 Å². The predicted molar refractivity (Wildman–Crippen MR) is 112 cm³/mol. The first-order valence-electron chi connectivity index (χ1n) is 9.09. The minimum atomic E-state index is -3.37. The number of carbonyl (C=O) groups is 1. The fourth-order valence-electron chi connectivity index (χ4n) is 3.13. The van der Waals surface area contributed by atoms with Gasteiger partial charge in [0.2, 0.25) is 15.9 Å². The minimum Gasteiger partial charge on any atom is -0.284 e. The van der Waals surface area contributed by atoms with Crippen molar-refractivity contribution in [3.8, 4) is 0 Å². The average molecular weight is 400 g/mol. The van der Waals surface area contributed by atoms with E-state index in [2.05, 4.69) is 9.82 Å². The van der Waals surface area contributed by atoms with Crippen LogP contribution in [0.2, 0.25) is 0 Å². The quantitative estimate of drug-likeness (QED) is 0.850. The second kappa shape index (κ2) is 7.39. The van der Waals surface area contributed by atoms with Crippen LogP contribution >= 0.6 is 0 Å². The normalized spacial score (nSPS) is 17.4. The van der Waals surface area contributed by atoms with Gasteiger partial charge in [0.1, 0.15) is 0 Å². The molecule has 2 aromatic carbocycles. The van der Waals surface area contributed by atoms with Gasteiger partial charge in [0.25, 0.3) is 0 Å². The Morgan fingerprint density at radius 2 is 1.79 bits per heavy atom. The third-order valence-electron chi connectivity index (χ3n) is 4.44. The topological polar surface area (TPSA) is 78.8 Å². The molecule has 0 spiro atoms. The zero-order chi connectivity index (χ0) is 20.5. The first-order valence-corrected chi connectivity index (χ1v) is 11.0. The lowest BCUT2D eigenvalue weighted by Gasteiger charge is -2.28. The monoisotopic (exact) mass is 399 g/mol. The lowest BCUT2D eigenvalue weighted by atomic mass is 9.93. The highest BCUT2D eigenvalue weighted by atomic mass is 32.2. The van der Waals surface area contributed by atoms with Gasteiger partial charge in [0.05, 0.1) is 18.0 Å². The fourth-order valence-corrected chi connectivity index (χ4v) is 3.68. The number of nitrogens with one attached hydrogen (secondary N) is 1. The van der Waals surface area contributed by atoms with Gasteiger partial charge in [0, 0.05) is 17.5 Å². The molecule has 0 saturated carbocycles. The van der Waals surface area contributed by atoms with Crippen molar-refractivity contribution < 1.29 is 13.2 Å². The van der Waals surface area contributed by atoms with Crippen LogP contribution in [0.5, 0.6) is 0 Å². The molecule has 2 aromatic rings. The average Bonchev–Trinajstić information content (AvgIpc) is 3.05. The Balaban J connectivity index is 1.98. The van der Waals surface area contributed by atoms with Crippen molar-refractivity contribution in [3.63, 3.8) is 0 Å². The molecule has 1 atom stereocenters. The maximum Gasteiger partial charge on any atom is 0.248 e. The number of carbonyl (C=O) groups excluding carboxylic acids is 1. The zero-order valence-electron chi connectivity index (χ0n) is 16.5. The van der Waals surface area contributed by atoms with Crippen LogP contribution in [-0.2, 0) is 14.8 Å². The van der Waals surface area contributed by atoms with Gasteiger partial charge < -0.3 is 0 Å². The molecule has 0 aromatic heterocycles. The SMILES string of the molecule is CC(C)(C)C(=O)N1N=C(c2cccc(NS(C)(=O)=O)c2)C[C@@H]1c1ccccc1. The highest BCUT2D eigenvalue weighted by Crippen LogP contribution is 2.36. The molecule has 1 aliphatic heterocycles. The van der Waals surface area contributed by atoms with Crippen molar-refractivity contribution in [2.75, 3.05) is 11.0 Å². The second-order valence-electron chi connectivity index (χ2n) is 8.03. The third kappa shape index (κ3) is 4.59. The Hall–Kier alpha value is -2.67. The van der Waals surface area contributed by atoms with Crippen molar-refractivity contribution in [1.82, 2.24) is 5.01 Å². The van der Waals surface area contributed by atoms with Crippen LogP contribution in [0.4, 0.5) is 5.69 Å². The molecule has 0 radical (unpaired) electrons. The molecule has 0 saturated heterocycles. The smallest absolute Gasteiger partial charge is 0.248 e. The van der Waals surface area contributed by atoms with Gasteiger partial charge in [-0.05, 0) is 23.3 Å². The number of nitrogens with zero attached hydrogens (tertiary/aromatic N) is 2. The molecule has 0 aliphatic carbocycles. The van der Waals surface area contributed by atoms with Gasteiger partial charge in [-0.1, -0.05) is 63.2 Å². The molecule has 1 N–H and O–H groups in total. The number of hydrazone groups is 1. The highest BCUT2D eigenvalue weighted by Gasteiger charge is 2.37. The lowest BCUT2D eigenvalue weighted by Crippen LogP contribution is -2.36. The molecule has 0 unspecified atom stereocenters. The summed E-state index contributed by atoms with van der Waals surface area (Å²) in [6.07, 6.45) is 1.68. The van der Waals surface area contributed by atoms with E-state index in [0.717, 1.165) is 23.1 Å². The van der Waals surface area contributed by atoms with Gasteiger partial charge >= 0.3 is 0 Å². The summed E-state index contributed by atoms with van der Waals surface area (Å²) < 4.78 is 25.5. The van der Waals surface area contributed by atoms with Gasteiger partial charge in [-0.2, -0.15) is 5.10 Å². The molecular weight excluding hydrogens is 374 g/mol. The van der Waals surface area contributed by atoms with E-state index in [4.69, 9.17) is 0 Å². The van der Waals surface area contributed by atoms with Gasteiger partial charge in [-0.3, -0.25) is 9.52 Å². The van der Waals surface area contributed by atoms with E-state index in [1.54, 1.807) is 23.2 Å². The maximum atomic E-state index is 13.0. The Morgan fingerprint density at radius 3 is 2.39 bits per heavy atom. The van der Waals surface area contributed by atoms with E-state index in [1.165, 1.54) is 0 Å². The van der Waals surface area contributed by atoms with E-state index in [1.807, 2.05) is 57.2 Å². The summed E-state index contributed by atoms with van der Waals surface area (Å²) in [4.78, 5) is 13.0. The molecule has 28 heavy (non-hydrogen) atoms. The zero-order valence-corrected chi connectivity index (χ0v) is 17.3. The summed E-state index contributed by atoms with van der Waals surface area (Å²) in [6, 6.07) is 16.7. The maximum absolute atomic E-state index is 13.0. The Labute approximate surface area is 166 Å². The summed E-state index contributed by atoms with van der Waals surface area (Å²) in [6.45, 7) is 5.63. The lowest BCUT2D eigenvalue weighted by molar-refractivity contribution is -0.141. The van der Waals surface area contributed by atoms with Crippen molar-refractivity contribution >= 4 is 27.3 Å². The first kappa shape index (κ1) is 20.1. The minimum absolute atomic E-state index is 0.0539. The third-order valence-corrected chi connectivity index (χ3v) is 5.05. The van der Waals surface area contributed by atoms with Gasteiger partial charge in [-0.25, -0.2) is 13.4 Å². The fraction of sp³-hybridized carbons (Fsp3) is 0.333. The first-order chi connectivity index (χ1) is 13.0. The Bertz CT molecular complexity index is 1010. The summed E-state index contributed by atoms with van der Waals surface area (Å²) in [5, 5.41) is 6.21. The number of hydrogen-bond acceptors (Lipinski definition) is 4. The van der Waals surface area contributed by atoms with Gasteiger partial charge in [-0.15, -0.1) is 0 Å². The standard InChI is InChI=1S/C21H25N3O3S/c1-21(2,3)20(25)24-19(15-9-6-5-7-10-15)14-18(22-24)16-11-8-12-17(13-16)23-28(4,26)27/h5-13,19,23H,14H2,1-4H3/t19-/m1/s1. The molecular formula is C21H25N3O3S. The van der Waals surface area contributed by atoms with Crippen LogP contribution in [0.1, 0.15) is 44.4 Å². The van der Waals surface area contributed by atoms with Crippen molar-refractivity contribution in [3.05, 3.63) is 65.7 Å². The molecule has 1 aliphatic rings. The molecule has 0 bridgehead atoms. The van der Waals surface area contributed by atoms with Crippen molar-refractivity contribution in [2.45, 2.75) is 33.2 Å².